The molecule has 2 unspecified atom stereocenters. The van der Waals surface area contributed by atoms with Crippen molar-refractivity contribution in [1.29, 1.82) is 0 Å². The summed E-state index contributed by atoms with van der Waals surface area (Å²) in [6.07, 6.45) is 2.03. The maximum absolute atomic E-state index is 12.6. The van der Waals surface area contributed by atoms with Crippen molar-refractivity contribution in [1.82, 2.24) is 14.5 Å². The fourth-order valence-electron chi connectivity index (χ4n) is 3.73. The van der Waals surface area contributed by atoms with Gasteiger partial charge in [-0.05, 0) is 50.2 Å². The SMILES string of the molecule is CN(CC(=O)NC1CS(=O)(=O)CC1N1CCCC1)S(=O)(=O)c1ccc(Cl)cc1. The fraction of sp³-hybridized carbons (Fsp3) is 0.588. The lowest BCUT2D eigenvalue weighted by Gasteiger charge is -2.28. The van der Waals surface area contributed by atoms with Crippen LogP contribution in [0.15, 0.2) is 29.2 Å². The van der Waals surface area contributed by atoms with Gasteiger partial charge in [0.15, 0.2) is 9.84 Å². The Morgan fingerprint density at radius 3 is 2.43 bits per heavy atom. The van der Waals surface area contributed by atoms with Crippen LogP contribution in [0.2, 0.25) is 5.02 Å². The highest BCUT2D eigenvalue weighted by atomic mass is 35.5. The van der Waals surface area contributed by atoms with Crippen LogP contribution in [0.25, 0.3) is 0 Å². The first kappa shape index (κ1) is 21.5. The van der Waals surface area contributed by atoms with Crippen LogP contribution >= 0.6 is 11.6 Å². The second-order valence-corrected chi connectivity index (χ2v) is 11.9. The number of carbonyl (C=O) groups excluding carboxylic acids is 1. The number of likely N-dealkylation sites (tertiary alicyclic amines) is 1. The van der Waals surface area contributed by atoms with Crippen LogP contribution < -0.4 is 5.32 Å². The molecule has 2 atom stereocenters. The monoisotopic (exact) mass is 449 g/mol. The zero-order valence-electron chi connectivity index (χ0n) is 15.5. The number of halogens is 1. The summed E-state index contributed by atoms with van der Waals surface area (Å²) in [7, 11) is -5.77. The van der Waals surface area contributed by atoms with E-state index in [0.29, 0.717) is 5.02 Å². The molecule has 1 aromatic carbocycles. The Kier molecular flexibility index (Phi) is 6.35. The molecule has 2 aliphatic rings. The lowest BCUT2D eigenvalue weighted by atomic mass is 10.1. The van der Waals surface area contributed by atoms with Crippen molar-refractivity contribution in [3.8, 4) is 0 Å². The Morgan fingerprint density at radius 2 is 1.82 bits per heavy atom. The van der Waals surface area contributed by atoms with E-state index in [2.05, 4.69) is 10.2 Å². The quantitative estimate of drug-likeness (QED) is 0.671. The molecule has 0 saturated carbocycles. The van der Waals surface area contributed by atoms with E-state index in [-0.39, 0.29) is 22.4 Å². The van der Waals surface area contributed by atoms with Gasteiger partial charge in [0.25, 0.3) is 0 Å². The second kappa shape index (κ2) is 8.27. The molecule has 2 heterocycles. The molecule has 0 aliphatic carbocycles. The van der Waals surface area contributed by atoms with Gasteiger partial charge in [0.2, 0.25) is 15.9 Å². The number of benzene rings is 1. The van der Waals surface area contributed by atoms with Gasteiger partial charge >= 0.3 is 0 Å². The first-order valence-corrected chi connectivity index (χ1v) is 12.7. The minimum atomic E-state index is -3.85. The summed E-state index contributed by atoms with van der Waals surface area (Å²) in [5, 5.41) is 3.15. The van der Waals surface area contributed by atoms with Crippen molar-refractivity contribution in [3.05, 3.63) is 29.3 Å². The van der Waals surface area contributed by atoms with Crippen LogP contribution in [-0.4, -0.2) is 82.2 Å². The number of sulfonamides is 1. The number of hydrogen-bond donors (Lipinski definition) is 1. The molecular weight excluding hydrogens is 426 g/mol. The Morgan fingerprint density at radius 1 is 1.21 bits per heavy atom. The van der Waals surface area contributed by atoms with Gasteiger partial charge in [-0.15, -0.1) is 0 Å². The highest BCUT2D eigenvalue weighted by Crippen LogP contribution is 2.23. The van der Waals surface area contributed by atoms with Crippen LogP contribution in [-0.2, 0) is 24.7 Å². The number of sulfone groups is 1. The molecule has 8 nitrogen and oxygen atoms in total. The van der Waals surface area contributed by atoms with Crippen molar-refractivity contribution in [3.63, 3.8) is 0 Å². The first-order chi connectivity index (χ1) is 13.1. The van der Waals surface area contributed by atoms with Crippen LogP contribution in [0.1, 0.15) is 12.8 Å². The van der Waals surface area contributed by atoms with Gasteiger partial charge in [-0.25, -0.2) is 16.8 Å². The zero-order chi connectivity index (χ0) is 20.5. The lowest BCUT2D eigenvalue weighted by Crippen LogP contribution is -2.52. The van der Waals surface area contributed by atoms with Crippen molar-refractivity contribution in [2.24, 2.45) is 0 Å². The van der Waals surface area contributed by atoms with Gasteiger partial charge in [0, 0.05) is 18.1 Å². The van der Waals surface area contributed by atoms with Crippen LogP contribution in [0, 0.1) is 0 Å². The van der Waals surface area contributed by atoms with Crippen molar-refractivity contribution >= 4 is 37.4 Å². The van der Waals surface area contributed by atoms with Crippen LogP contribution in [0.4, 0.5) is 0 Å². The number of hydrogen-bond acceptors (Lipinski definition) is 6. The molecule has 28 heavy (non-hydrogen) atoms. The van der Waals surface area contributed by atoms with E-state index in [1.54, 1.807) is 0 Å². The van der Waals surface area contributed by atoms with Crippen molar-refractivity contribution in [2.45, 2.75) is 29.8 Å². The molecule has 11 heteroatoms. The molecule has 0 bridgehead atoms. The summed E-state index contributed by atoms with van der Waals surface area (Å²) in [4.78, 5) is 14.6. The van der Waals surface area contributed by atoms with E-state index in [9.17, 15) is 21.6 Å². The average molecular weight is 450 g/mol. The van der Waals surface area contributed by atoms with E-state index in [1.807, 2.05) is 0 Å². The Bertz CT molecular complexity index is 928. The topological polar surface area (TPSA) is 104 Å². The standard InChI is InChI=1S/C17H24ClN3O5S2/c1-20(28(25,26)14-6-4-13(18)5-7-14)10-17(22)19-15-11-27(23,24)12-16(15)21-8-2-3-9-21/h4-7,15-16H,2-3,8-12H2,1H3,(H,19,22). The van der Waals surface area contributed by atoms with E-state index in [0.717, 1.165) is 30.2 Å². The minimum Gasteiger partial charge on any atom is -0.350 e. The third kappa shape index (κ3) is 4.85. The first-order valence-electron chi connectivity index (χ1n) is 9.04. The molecule has 3 rings (SSSR count). The van der Waals surface area contributed by atoms with Gasteiger partial charge in [0.1, 0.15) is 0 Å². The van der Waals surface area contributed by atoms with Crippen LogP contribution in [0.5, 0.6) is 0 Å². The predicted octanol–water partition coefficient (Wildman–Crippen LogP) is 0.338. The number of nitrogens with one attached hydrogen (secondary N) is 1. The number of rotatable bonds is 6. The third-order valence-electron chi connectivity index (χ3n) is 5.17. The van der Waals surface area contributed by atoms with Crippen molar-refractivity contribution < 1.29 is 21.6 Å². The summed E-state index contributed by atoms with van der Waals surface area (Å²) in [5.74, 6) is -0.615. The third-order valence-corrected chi connectivity index (χ3v) is 8.95. The minimum absolute atomic E-state index is 0.0247. The van der Waals surface area contributed by atoms with Gasteiger partial charge < -0.3 is 5.32 Å². The summed E-state index contributed by atoms with van der Waals surface area (Å²) in [6.45, 7) is 1.24. The number of amides is 1. The highest BCUT2D eigenvalue weighted by molar-refractivity contribution is 7.91. The maximum Gasteiger partial charge on any atom is 0.243 e. The predicted molar refractivity (Wildman–Crippen MR) is 106 cm³/mol. The molecule has 2 aliphatic heterocycles. The summed E-state index contributed by atoms with van der Waals surface area (Å²) >= 11 is 5.79. The molecule has 0 radical (unpaired) electrons. The lowest BCUT2D eigenvalue weighted by molar-refractivity contribution is -0.122. The Balaban J connectivity index is 1.66. The van der Waals surface area contributed by atoms with Gasteiger partial charge in [-0.3, -0.25) is 9.69 Å². The molecule has 0 aromatic heterocycles. The van der Waals surface area contributed by atoms with Gasteiger partial charge in [0.05, 0.1) is 29.0 Å². The molecule has 2 saturated heterocycles. The zero-order valence-corrected chi connectivity index (χ0v) is 17.9. The van der Waals surface area contributed by atoms with Gasteiger partial charge in [-0.1, -0.05) is 11.6 Å². The van der Waals surface area contributed by atoms with E-state index in [1.165, 1.54) is 31.3 Å². The molecular formula is C17H24ClN3O5S2. The number of nitrogens with zero attached hydrogens (tertiary/aromatic N) is 2. The summed E-state index contributed by atoms with van der Waals surface area (Å²) in [6, 6.07) is 4.90. The maximum atomic E-state index is 12.6. The van der Waals surface area contributed by atoms with Crippen LogP contribution in [0.3, 0.4) is 0 Å². The summed E-state index contributed by atoms with van der Waals surface area (Å²) < 4.78 is 50.3. The Labute approximate surface area is 170 Å². The van der Waals surface area contributed by atoms with E-state index >= 15 is 0 Å². The van der Waals surface area contributed by atoms with Crippen molar-refractivity contribution in [2.75, 3.05) is 38.2 Å². The largest absolute Gasteiger partial charge is 0.350 e. The molecule has 1 N–H and O–H groups in total. The molecule has 1 aromatic rings. The Hall–Kier alpha value is -1.20. The fourth-order valence-corrected chi connectivity index (χ4v) is 6.93. The van der Waals surface area contributed by atoms with E-state index < -0.39 is 38.4 Å². The van der Waals surface area contributed by atoms with Gasteiger partial charge in [-0.2, -0.15) is 4.31 Å². The molecule has 0 spiro atoms. The number of likely N-dealkylation sites (N-methyl/N-ethyl adjacent to an activating group) is 1. The molecule has 156 valence electrons. The average Bonchev–Trinajstić information content (AvgIpc) is 3.22. The smallest absolute Gasteiger partial charge is 0.243 e. The number of carbonyl (C=O) groups is 1. The highest BCUT2D eigenvalue weighted by Gasteiger charge is 2.42. The van der Waals surface area contributed by atoms with E-state index in [4.69, 9.17) is 11.6 Å². The molecule has 2 fully saturated rings. The normalized spacial score (nSPS) is 25.2. The summed E-state index contributed by atoms with van der Waals surface area (Å²) in [5.41, 5.74) is 0. The second-order valence-electron chi connectivity index (χ2n) is 7.28. The molecule has 1 amide bonds.